The van der Waals surface area contributed by atoms with E-state index in [0.29, 0.717) is 30.5 Å². The zero-order valence-electron chi connectivity index (χ0n) is 12.7. The molecule has 0 saturated heterocycles. The SMILES string of the molecule is COC1CCC(N(C)C(=O)[C@@H]2CCC[C@@H]2CN)CC1.Cl. The Bertz CT molecular complexity index is 306. The van der Waals surface area contributed by atoms with Gasteiger partial charge in [-0.05, 0) is 51.0 Å². The summed E-state index contributed by atoms with van der Waals surface area (Å²) in [4.78, 5) is 14.6. The molecule has 0 aliphatic heterocycles. The van der Waals surface area contributed by atoms with Gasteiger partial charge in [0.15, 0.2) is 0 Å². The Morgan fingerprint density at radius 2 is 1.85 bits per heavy atom. The van der Waals surface area contributed by atoms with Gasteiger partial charge in [0, 0.05) is 26.1 Å². The maximum Gasteiger partial charge on any atom is 0.225 e. The van der Waals surface area contributed by atoms with Crippen molar-refractivity contribution < 1.29 is 9.53 Å². The van der Waals surface area contributed by atoms with Gasteiger partial charge in [0.05, 0.1) is 6.10 Å². The van der Waals surface area contributed by atoms with E-state index in [4.69, 9.17) is 10.5 Å². The molecule has 2 N–H and O–H groups in total. The van der Waals surface area contributed by atoms with Crippen molar-refractivity contribution in [3.63, 3.8) is 0 Å². The van der Waals surface area contributed by atoms with Crippen LogP contribution in [0.3, 0.4) is 0 Å². The van der Waals surface area contributed by atoms with Gasteiger partial charge < -0.3 is 15.4 Å². The molecule has 0 radical (unpaired) electrons. The Morgan fingerprint density at radius 3 is 2.40 bits per heavy atom. The van der Waals surface area contributed by atoms with E-state index in [-0.39, 0.29) is 18.3 Å². The van der Waals surface area contributed by atoms with E-state index in [1.807, 2.05) is 11.9 Å². The molecule has 118 valence electrons. The normalized spacial score (nSPS) is 33.5. The van der Waals surface area contributed by atoms with Crippen LogP contribution in [0.25, 0.3) is 0 Å². The van der Waals surface area contributed by atoms with Crippen molar-refractivity contribution in [1.29, 1.82) is 0 Å². The summed E-state index contributed by atoms with van der Waals surface area (Å²) in [6.45, 7) is 0.653. The number of ether oxygens (including phenoxy) is 1. The minimum absolute atomic E-state index is 0. The van der Waals surface area contributed by atoms with E-state index in [9.17, 15) is 4.79 Å². The molecule has 0 unspecified atom stereocenters. The fourth-order valence-corrected chi connectivity index (χ4v) is 3.75. The second kappa shape index (κ2) is 8.20. The summed E-state index contributed by atoms with van der Waals surface area (Å²) >= 11 is 0. The molecule has 0 spiro atoms. The molecule has 0 aromatic rings. The molecule has 0 aromatic carbocycles. The third kappa shape index (κ3) is 3.86. The molecule has 2 fully saturated rings. The van der Waals surface area contributed by atoms with E-state index < -0.39 is 0 Å². The first-order valence-electron chi connectivity index (χ1n) is 7.67. The lowest BCUT2D eigenvalue weighted by Gasteiger charge is -2.36. The minimum Gasteiger partial charge on any atom is -0.381 e. The summed E-state index contributed by atoms with van der Waals surface area (Å²) in [5, 5.41) is 0. The number of nitrogens with two attached hydrogens (primary N) is 1. The maximum atomic E-state index is 12.6. The number of amides is 1. The van der Waals surface area contributed by atoms with Gasteiger partial charge >= 0.3 is 0 Å². The highest BCUT2D eigenvalue weighted by atomic mass is 35.5. The number of carbonyl (C=O) groups is 1. The van der Waals surface area contributed by atoms with Gasteiger partial charge in [0.25, 0.3) is 0 Å². The molecular formula is C15H29ClN2O2. The van der Waals surface area contributed by atoms with Gasteiger partial charge in [-0.3, -0.25) is 4.79 Å². The van der Waals surface area contributed by atoms with Crippen LogP contribution in [0.5, 0.6) is 0 Å². The highest BCUT2D eigenvalue weighted by molar-refractivity contribution is 5.85. The topological polar surface area (TPSA) is 55.6 Å². The number of nitrogens with zero attached hydrogens (tertiary/aromatic N) is 1. The standard InChI is InChI=1S/C15H28N2O2.ClH/c1-17(12-6-8-13(19-2)9-7-12)15(18)14-5-3-4-11(14)10-16;/h11-14H,3-10,16H2,1-2H3;1H/t11-,12?,13?,14-;/m1./s1. The molecule has 2 rings (SSSR count). The van der Waals surface area contributed by atoms with Crippen molar-refractivity contribution in [2.45, 2.75) is 57.1 Å². The minimum atomic E-state index is 0. The van der Waals surface area contributed by atoms with E-state index in [0.717, 1.165) is 44.9 Å². The number of hydrogen-bond donors (Lipinski definition) is 1. The van der Waals surface area contributed by atoms with E-state index in [1.54, 1.807) is 7.11 Å². The van der Waals surface area contributed by atoms with Crippen molar-refractivity contribution in [1.82, 2.24) is 4.90 Å². The van der Waals surface area contributed by atoms with Crippen LogP contribution in [0.2, 0.25) is 0 Å². The second-order valence-electron chi connectivity index (χ2n) is 6.15. The van der Waals surface area contributed by atoms with Crippen LogP contribution in [-0.4, -0.2) is 43.7 Å². The largest absolute Gasteiger partial charge is 0.381 e. The Hall–Kier alpha value is -0.320. The van der Waals surface area contributed by atoms with Gasteiger partial charge in [-0.1, -0.05) is 6.42 Å². The van der Waals surface area contributed by atoms with Crippen LogP contribution in [0.15, 0.2) is 0 Å². The molecule has 1 amide bonds. The monoisotopic (exact) mass is 304 g/mol. The predicted octanol–water partition coefficient (Wildman–Crippen LogP) is 2.20. The molecule has 5 heteroatoms. The fourth-order valence-electron chi connectivity index (χ4n) is 3.75. The van der Waals surface area contributed by atoms with Crippen molar-refractivity contribution in [2.75, 3.05) is 20.7 Å². The Balaban J connectivity index is 0.00000200. The third-order valence-electron chi connectivity index (χ3n) is 5.15. The second-order valence-corrected chi connectivity index (χ2v) is 6.15. The Labute approximate surface area is 128 Å². The van der Waals surface area contributed by atoms with Crippen LogP contribution >= 0.6 is 12.4 Å². The van der Waals surface area contributed by atoms with Crippen molar-refractivity contribution in [3.8, 4) is 0 Å². The molecule has 20 heavy (non-hydrogen) atoms. The lowest BCUT2D eigenvalue weighted by Crippen LogP contribution is -2.44. The maximum absolute atomic E-state index is 12.6. The average molecular weight is 305 g/mol. The van der Waals surface area contributed by atoms with E-state index >= 15 is 0 Å². The third-order valence-corrected chi connectivity index (χ3v) is 5.15. The van der Waals surface area contributed by atoms with Crippen LogP contribution in [0.1, 0.15) is 44.9 Å². The first-order valence-corrected chi connectivity index (χ1v) is 7.67. The van der Waals surface area contributed by atoms with Crippen LogP contribution in [0.4, 0.5) is 0 Å². The number of methoxy groups -OCH3 is 1. The van der Waals surface area contributed by atoms with Crippen molar-refractivity contribution in [3.05, 3.63) is 0 Å². The lowest BCUT2D eigenvalue weighted by molar-refractivity contribution is -0.138. The molecule has 2 saturated carbocycles. The van der Waals surface area contributed by atoms with E-state index in [2.05, 4.69) is 0 Å². The Kier molecular flexibility index (Phi) is 7.27. The molecule has 0 heterocycles. The summed E-state index contributed by atoms with van der Waals surface area (Å²) in [5.74, 6) is 0.911. The molecule has 2 aliphatic rings. The Morgan fingerprint density at radius 1 is 1.20 bits per heavy atom. The molecule has 0 bridgehead atoms. The molecule has 2 atom stereocenters. The first kappa shape index (κ1) is 17.7. The summed E-state index contributed by atoms with van der Waals surface area (Å²) in [6.07, 6.45) is 7.98. The number of rotatable bonds is 4. The number of carbonyl (C=O) groups excluding carboxylic acids is 1. The highest BCUT2D eigenvalue weighted by Gasteiger charge is 2.36. The van der Waals surface area contributed by atoms with Gasteiger partial charge in [-0.2, -0.15) is 0 Å². The van der Waals surface area contributed by atoms with Crippen LogP contribution in [-0.2, 0) is 9.53 Å². The zero-order chi connectivity index (χ0) is 13.8. The summed E-state index contributed by atoms with van der Waals surface area (Å²) in [7, 11) is 3.76. The molecule has 4 nitrogen and oxygen atoms in total. The fraction of sp³-hybridized carbons (Fsp3) is 0.933. The van der Waals surface area contributed by atoms with E-state index in [1.165, 1.54) is 0 Å². The smallest absolute Gasteiger partial charge is 0.225 e. The van der Waals surface area contributed by atoms with Crippen LogP contribution < -0.4 is 5.73 Å². The molecular weight excluding hydrogens is 276 g/mol. The van der Waals surface area contributed by atoms with Crippen LogP contribution in [0, 0.1) is 11.8 Å². The van der Waals surface area contributed by atoms with Gasteiger partial charge in [-0.15, -0.1) is 12.4 Å². The molecule has 2 aliphatic carbocycles. The molecule has 0 aromatic heterocycles. The lowest BCUT2D eigenvalue weighted by atomic mass is 9.89. The summed E-state index contributed by atoms with van der Waals surface area (Å²) in [5.41, 5.74) is 5.79. The zero-order valence-corrected chi connectivity index (χ0v) is 13.5. The van der Waals surface area contributed by atoms with Gasteiger partial charge in [-0.25, -0.2) is 0 Å². The summed E-state index contributed by atoms with van der Waals surface area (Å²) < 4.78 is 5.39. The number of halogens is 1. The average Bonchev–Trinajstić information content (AvgIpc) is 2.94. The van der Waals surface area contributed by atoms with Gasteiger partial charge in [0.2, 0.25) is 5.91 Å². The quantitative estimate of drug-likeness (QED) is 0.866. The highest BCUT2D eigenvalue weighted by Crippen LogP contribution is 2.34. The van der Waals surface area contributed by atoms with Crippen molar-refractivity contribution >= 4 is 18.3 Å². The predicted molar refractivity (Wildman–Crippen MR) is 83.0 cm³/mol. The van der Waals surface area contributed by atoms with Crippen molar-refractivity contribution in [2.24, 2.45) is 17.6 Å². The number of hydrogen-bond acceptors (Lipinski definition) is 3. The van der Waals surface area contributed by atoms with Gasteiger partial charge in [0.1, 0.15) is 0 Å². The first-order chi connectivity index (χ1) is 9.17. The summed E-state index contributed by atoms with van der Waals surface area (Å²) in [6, 6.07) is 0.401.